The number of anilines is 2. The molecule has 1 heterocycles. The molecule has 2 aromatic rings. The Morgan fingerprint density at radius 3 is 2.19 bits per heavy atom. The summed E-state index contributed by atoms with van der Waals surface area (Å²) >= 11 is 0. The van der Waals surface area contributed by atoms with E-state index in [1.165, 1.54) is 4.90 Å². The smallest absolute Gasteiger partial charge is 0.257 e. The van der Waals surface area contributed by atoms with Crippen LogP contribution in [0.2, 0.25) is 0 Å². The van der Waals surface area contributed by atoms with E-state index >= 15 is 0 Å². The van der Waals surface area contributed by atoms with Crippen molar-refractivity contribution in [2.24, 2.45) is 35.5 Å². The molecule has 1 N–H and O–H groups in total. The molecule has 4 aliphatic carbocycles. The van der Waals surface area contributed by atoms with Gasteiger partial charge in [-0.3, -0.25) is 14.4 Å². The van der Waals surface area contributed by atoms with Gasteiger partial charge in [0, 0.05) is 5.69 Å². The van der Waals surface area contributed by atoms with Crippen molar-refractivity contribution in [1.82, 2.24) is 0 Å². The first kappa shape index (κ1) is 18.6. The van der Waals surface area contributed by atoms with Crippen LogP contribution in [0, 0.1) is 49.4 Å². The summed E-state index contributed by atoms with van der Waals surface area (Å²) in [6.45, 7) is 4.02. The number of benzene rings is 2. The summed E-state index contributed by atoms with van der Waals surface area (Å²) in [4.78, 5) is 41.4. The maximum Gasteiger partial charge on any atom is 0.257 e. The third-order valence-electron chi connectivity index (χ3n) is 7.82. The fourth-order valence-electron chi connectivity index (χ4n) is 6.07. The Morgan fingerprint density at radius 1 is 0.903 bits per heavy atom. The highest BCUT2D eigenvalue weighted by Gasteiger charge is 2.67. The number of para-hydroxylation sites is 1. The number of nitrogens with one attached hydrogen (secondary N) is 1. The van der Waals surface area contributed by atoms with E-state index in [9.17, 15) is 14.4 Å². The number of hydrogen-bond acceptors (Lipinski definition) is 3. The van der Waals surface area contributed by atoms with Crippen LogP contribution in [-0.2, 0) is 9.59 Å². The summed E-state index contributed by atoms with van der Waals surface area (Å²) in [5, 5.41) is 2.93. The molecule has 5 aliphatic rings. The van der Waals surface area contributed by atoms with Crippen molar-refractivity contribution >= 4 is 29.1 Å². The first-order valence-electron chi connectivity index (χ1n) is 11.0. The van der Waals surface area contributed by atoms with E-state index in [4.69, 9.17) is 0 Å². The van der Waals surface area contributed by atoms with Gasteiger partial charge in [0.15, 0.2) is 0 Å². The van der Waals surface area contributed by atoms with Crippen molar-refractivity contribution in [2.75, 3.05) is 10.2 Å². The third kappa shape index (κ3) is 2.59. The average molecular weight is 412 g/mol. The molecule has 31 heavy (non-hydrogen) atoms. The van der Waals surface area contributed by atoms with Gasteiger partial charge >= 0.3 is 0 Å². The van der Waals surface area contributed by atoms with Gasteiger partial charge in [0.05, 0.1) is 23.1 Å². The molecule has 5 nitrogen and oxygen atoms in total. The Labute approximate surface area is 181 Å². The van der Waals surface area contributed by atoms with Gasteiger partial charge in [-0.25, -0.2) is 4.90 Å². The molecule has 1 saturated heterocycles. The molecular formula is C26H24N2O3. The molecule has 2 aromatic carbocycles. The molecule has 2 saturated carbocycles. The quantitative estimate of drug-likeness (QED) is 0.609. The topological polar surface area (TPSA) is 66.5 Å². The summed E-state index contributed by atoms with van der Waals surface area (Å²) in [6.07, 6.45) is 5.45. The second-order valence-electron chi connectivity index (χ2n) is 9.44. The van der Waals surface area contributed by atoms with E-state index < -0.39 is 0 Å². The van der Waals surface area contributed by atoms with Crippen LogP contribution in [0.3, 0.4) is 0 Å². The molecule has 6 atom stereocenters. The molecule has 3 amide bonds. The molecule has 3 fully saturated rings. The molecule has 0 spiro atoms. The Bertz CT molecular complexity index is 1150. The Hall–Kier alpha value is -3.21. The van der Waals surface area contributed by atoms with Gasteiger partial charge in [0.1, 0.15) is 0 Å². The normalized spacial score (nSPS) is 32.1. The van der Waals surface area contributed by atoms with Crippen molar-refractivity contribution in [2.45, 2.75) is 20.3 Å². The molecule has 1 aliphatic heterocycles. The second-order valence-corrected chi connectivity index (χ2v) is 9.44. The summed E-state index contributed by atoms with van der Waals surface area (Å²) < 4.78 is 0. The lowest BCUT2D eigenvalue weighted by Crippen LogP contribution is -2.40. The van der Waals surface area contributed by atoms with Gasteiger partial charge in [0.2, 0.25) is 11.8 Å². The summed E-state index contributed by atoms with van der Waals surface area (Å²) in [7, 11) is 0. The zero-order valence-electron chi connectivity index (χ0n) is 17.5. The minimum absolute atomic E-state index is 0.147. The number of hydrogen-bond donors (Lipinski definition) is 1. The molecular weight excluding hydrogens is 388 g/mol. The van der Waals surface area contributed by atoms with Gasteiger partial charge in [-0.2, -0.15) is 0 Å². The average Bonchev–Trinajstić information content (AvgIpc) is 3.54. The minimum Gasteiger partial charge on any atom is -0.322 e. The number of carbonyl (C=O) groups excluding carboxylic acids is 3. The molecule has 0 unspecified atom stereocenters. The van der Waals surface area contributed by atoms with Gasteiger partial charge in [0.25, 0.3) is 5.91 Å². The number of nitrogens with zero attached hydrogens (tertiary/aromatic N) is 1. The molecule has 156 valence electrons. The van der Waals surface area contributed by atoms with Crippen molar-refractivity contribution in [3.05, 3.63) is 71.3 Å². The van der Waals surface area contributed by atoms with E-state index in [0.717, 1.165) is 17.5 Å². The van der Waals surface area contributed by atoms with Crippen LogP contribution >= 0.6 is 0 Å². The van der Waals surface area contributed by atoms with Gasteiger partial charge in [-0.05, 0) is 79.3 Å². The number of aryl methyl sites for hydroxylation is 2. The van der Waals surface area contributed by atoms with Gasteiger partial charge in [-0.15, -0.1) is 0 Å². The molecule has 7 rings (SSSR count). The zero-order chi connectivity index (χ0) is 21.4. The lowest BCUT2D eigenvalue weighted by atomic mass is 9.63. The van der Waals surface area contributed by atoms with Gasteiger partial charge < -0.3 is 5.32 Å². The fourth-order valence-corrected chi connectivity index (χ4v) is 6.07. The predicted molar refractivity (Wildman–Crippen MR) is 118 cm³/mol. The lowest BCUT2D eigenvalue weighted by Gasteiger charge is -2.37. The van der Waals surface area contributed by atoms with E-state index in [-0.39, 0.29) is 41.4 Å². The van der Waals surface area contributed by atoms with Crippen LogP contribution in [0.25, 0.3) is 0 Å². The van der Waals surface area contributed by atoms with E-state index in [1.54, 1.807) is 24.3 Å². The van der Waals surface area contributed by atoms with Crippen LogP contribution in [0.4, 0.5) is 11.4 Å². The van der Waals surface area contributed by atoms with Crippen molar-refractivity contribution < 1.29 is 14.4 Å². The van der Waals surface area contributed by atoms with E-state index in [1.807, 2.05) is 32.0 Å². The predicted octanol–water partition coefficient (Wildman–Crippen LogP) is 4.11. The first-order chi connectivity index (χ1) is 15.0. The summed E-state index contributed by atoms with van der Waals surface area (Å²) in [6, 6.07) is 12.7. The number of allylic oxidation sites excluding steroid dienone is 2. The van der Waals surface area contributed by atoms with Crippen LogP contribution in [0.1, 0.15) is 27.9 Å². The highest BCUT2D eigenvalue weighted by molar-refractivity contribution is 6.25. The maximum atomic E-state index is 13.5. The Balaban J connectivity index is 1.34. The Kier molecular flexibility index (Phi) is 3.83. The number of amides is 3. The largest absolute Gasteiger partial charge is 0.322 e. The number of carbonyl (C=O) groups is 3. The van der Waals surface area contributed by atoms with E-state index in [0.29, 0.717) is 28.8 Å². The third-order valence-corrected chi connectivity index (χ3v) is 7.82. The lowest BCUT2D eigenvalue weighted by molar-refractivity contribution is -0.124. The second kappa shape index (κ2) is 6.39. The number of imide groups is 1. The SMILES string of the molecule is Cc1ccc(NC(=O)c2ccccc2N2C(=O)[C@@H]3[C@H]4C=C[C@H]([C@H]5C[C@H]45)[C@@H]3C2=O)cc1C. The molecule has 0 aromatic heterocycles. The zero-order valence-corrected chi connectivity index (χ0v) is 17.5. The van der Waals surface area contributed by atoms with E-state index in [2.05, 4.69) is 17.5 Å². The fraction of sp³-hybridized carbons (Fsp3) is 0.346. The summed E-state index contributed by atoms with van der Waals surface area (Å²) in [5.41, 5.74) is 3.66. The summed E-state index contributed by atoms with van der Waals surface area (Å²) in [5.74, 6) is 0.267. The van der Waals surface area contributed by atoms with Crippen molar-refractivity contribution in [3.8, 4) is 0 Å². The maximum absolute atomic E-state index is 13.5. The molecule has 2 bridgehead atoms. The monoisotopic (exact) mass is 412 g/mol. The first-order valence-corrected chi connectivity index (χ1v) is 11.0. The van der Waals surface area contributed by atoms with Crippen LogP contribution in [-0.4, -0.2) is 17.7 Å². The van der Waals surface area contributed by atoms with Crippen LogP contribution in [0.5, 0.6) is 0 Å². The standard InChI is InChI=1S/C26H24N2O3/c1-13-7-8-15(11-14(13)2)27-24(29)18-5-3-4-6-21(18)28-25(30)22-16-9-10-17(20-12-19(16)20)23(22)26(28)31/h3-11,16-17,19-20,22-23H,12H2,1-2H3,(H,27,29)/t16-,17+,19-,20-,22+,23-/m1/s1. The highest BCUT2D eigenvalue weighted by atomic mass is 16.2. The van der Waals surface area contributed by atoms with Crippen LogP contribution in [0.15, 0.2) is 54.6 Å². The molecule has 5 heteroatoms. The van der Waals surface area contributed by atoms with Crippen LogP contribution < -0.4 is 10.2 Å². The number of rotatable bonds is 3. The Morgan fingerprint density at radius 2 is 1.55 bits per heavy atom. The minimum atomic E-state index is -0.321. The van der Waals surface area contributed by atoms with Crippen molar-refractivity contribution in [1.29, 1.82) is 0 Å². The van der Waals surface area contributed by atoms with Crippen molar-refractivity contribution in [3.63, 3.8) is 0 Å². The highest BCUT2D eigenvalue weighted by Crippen LogP contribution is 2.65. The van der Waals surface area contributed by atoms with Gasteiger partial charge in [-0.1, -0.05) is 30.4 Å². The molecule has 0 radical (unpaired) electrons.